The van der Waals surface area contributed by atoms with E-state index < -0.39 is 0 Å². The first-order chi connectivity index (χ1) is 12.5. The predicted molar refractivity (Wildman–Crippen MR) is 111 cm³/mol. The summed E-state index contributed by atoms with van der Waals surface area (Å²) in [6.45, 7) is 0.702. The number of nitrogens with one attached hydrogen (secondary N) is 1. The van der Waals surface area contributed by atoms with Crippen LogP contribution >= 0.6 is 43.5 Å². The van der Waals surface area contributed by atoms with Crippen molar-refractivity contribution in [2.45, 2.75) is 13.2 Å². The molecule has 0 spiro atoms. The minimum absolute atomic E-state index is 0.154. The van der Waals surface area contributed by atoms with Crippen molar-refractivity contribution in [2.75, 3.05) is 5.32 Å². The molecule has 0 atom stereocenters. The van der Waals surface area contributed by atoms with Gasteiger partial charge in [0.1, 0.15) is 18.2 Å². The summed E-state index contributed by atoms with van der Waals surface area (Å²) in [5.41, 5.74) is 2.40. The molecule has 1 N–H and O–H groups in total. The summed E-state index contributed by atoms with van der Waals surface area (Å²) >= 11 is 12.9. The molecule has 3 rings (SSSR count). The standard InChI is InChI=1S/C20H15Br2ClFNO/c21-15-9-14(11-25-17-7-5-16(23)6-8-17)20(18(22)10-15)26-12-13-3-1-2-4-19(13)24/h1-10,25H,11-12H2. The van der Waals surface area contributed by atoms with Gasteiger partial charge < -0.3 is 10.1 Å². The molecular formula is C20H15Br2ClFNO. The smallest absolute Gasteiger partial charge is 0.139 e. The average Bonchev–Trinajstić information content (AvgIpc) is 2.61. The largest absolute Gasteiger partial charge is 0.487 e. The number of anilines is 1. The molecule has 3 aromatic carbocycles. The highest BCUT2D eigenvalue weighted by atomic mass is 79.9. The van der Waals surface area contributed by atoms with Crippen LogP contribution in [0.4, 0.5) is 10.1 Å². The molecule has 0 aromatic heterocycles. The quantitative estimate of drug-likeness (QED) is 0.387. The lowest BCUT2D eigenvalue weighted by Crippen LogP contribution is -2.05. The third kappa shape index (κ3) is 5.00. The highest BCUT2D eigenvalue weighted by Gasteiger charge is 2.12. The molecule has 0 aliphatic rings. The van der Waals surface area contributed by atoms with Crippen LogP contribution in [0, 0.1) is 5.82 Å². The monoisotopic (exact) mass is 497 g/mol. The predicted octanol–water partition coefficient (Wildman–Crippen LogP) is 7.20. The first-order valence-corrected chi connectivity index (χ1v) is 9.83. The van der Waals surface area contributed by atoms with E-state index in [1.54, 1.807) is 18.2 Å². The summed E-state index contributed by atoms with van der Waals surface area (Å²) in [5.74, 6) is 0.402. The highest BCUT2D eigenvalue weighted by molar-refractivity contribution is 9.11. The van der Waals surface area contributed by atoms with Crippen molar-refractivity contribution in [1.29, 1.82) is 0 Å². The fourth-order valence-corrected chi connectivity index (χ4v) is 3.99. The van der Waals surface area contributed by atoms with E-state index in [1.165, 1.54) is 6.07 Å². The summed E-state index contributed by atoms with van der Waals surface area (Å²) in [4.78, 5) is 0. The van der Waals surface area contributed by atoms with Crippen LogP contribution in [0.25, 0.3) is 0 Å². The fourth-order valence-electron chi connectivity index (χ4n) is 2.44. The SMILES string of the molecule is Fc1ccccc1COc1c(Br)cc(Br)cc1CNc1ccc(Cl)cc1. The van der Waals surface area contributed by atoms with Crippen LogP contribution in [-0.4, -0.2) is 0 Å². The average molecular weight is 500 g/mol. The zero-order chi connectivity index (χ0) is 18.5. The first-order valence-electron chi connectivity index (χ1n) is 7.86. The molecular weight excluding hydrogens is 484 g/mol. The second-order valence-electron chi connectivity index (χ2n) is 5.62. The van der Waals surface area contributed by atoms with Crippen LogP contribution in [0.3, 0.4) is 0 Å². The molecule has 0 aliphatic carbocycles. The Kier molecular flexibility index (Phi) is 6.57. The molecule has 0 saturated heterocycles. The number of ether oxygens (including phenoxy) is 1. The molecule has 6 heteroatoms. The van der Waals surface area contributed by atoms with Gasteiger partial charge in [-0.3, -0.25) is 0 Å². The van der Waals surface area contributed by atoms with Crippen LogP contribution < -0.4 is 10.1 Å². The molecule has 3 aromatic rings. The van der Waals surface area contributed by atoms with E-state index in [9.17, 15) is 4.39 Å². The topological polar surface area (TPSA) is 21.3 Å². The van der Waals surface area contributed by atoms with Gasteiger partial charge in [0.15, 0.2) is 0 Å². The van der Waals surface area contributed by atoms with Gasteiger partial charge in [0.25, 0.3) is 0 Å². The summed E-state index contributed by atoms with van der Waals surface area (Å²) in [6.07, 6.45) is 0. The summed E-state index contributed by atoms with van der Waals surface area (Å²) in [6, 6.07) is 18.0. The molecule has 0 radical (unpaired) electrons. The summed E-state index contributed by atoms with van der Waals surface area (Å²) in [7, 11) is 0. The van der Waals surface area contributed by atoms with E-state index in [0.29, 0.717) is 22.9 Å². The molecule has 0 aliphatic heterocycles. The van der Waals surface area contributed by atoms with E-state index in [4.69, 9.17) is 16.3 Å². The third-order valence-corrected chi connectivity index (χ3v) is 5.04. The Labute approximate surface area is 173 Å². The Balaban J connectivity index is 1.78. The fraction of sp³-hybridized carbons (Fsp3) is 0.100. The molecule has 0 amide bonds. The van der Waals surface area contributed by atoms with Gasteiger partial charge in [0, 0.05) is 32.9 Å². The number of hydrogen-bond donors (Lipinski definition) is 1. The number of rotatable bonds is 6. The molecule has 0 saturated carbocycles. The number of halogens is 4. The van der Waals surface area contributed by atoms with E-state index in [2.05, 4.69) is 37.2 Å². The van der Waals surface area contributed by atoms with Gasteiger partial charge in [0.05, 0.1) is 4.47 Å². The third-order valence-electron chi connectivity index (χ3n) is 3.74. The van der Waals surface area contributed by atoms with Crippen LogP contribution in [0.15, 0.2) is 69.6 Å². The minimum atomic E-state index is -0.276. The van der Waals surface area contributed by atoms with Gasteiger partial charge >= 0.3 is 0 Å². The zero-order valence-corrected chi connectivity index (χ0v) is 17.5. The van der Waals surface area contributed by atoms with Crippen molar-refractivity contribution >= 4 is 49.1 Å². The molecule has 134 valence electrons. The zero-order valence-electron chi connectivity index (χ0n) is 13.6. The second kappa shape index (κ2) is 8.89. The van der Waals surface area contributed by atoms with Crippen molar-refractivity contribution in [2.24, 2.45) is 0 Å². The lowest BCUT2D eigenvalue weighted by Gasteiger charge is -2.16. The maximum absolute atomic E-state index is 13.8. The van der Waals surface area contributed by atoms with Crippen LogP contribution in [-0.2, 0) is 13.2 Å². The number of benzene rings is 3. The minimum Gasteiger partial charge on any atom is -0.487 e. The van der Waals surface area contributed by atoms with Crippen molar-refractivity contribution < 1.29 is 9.13 Å². The van der Waals surface area contributed by atoms with Crippen LogP contribution in [0.2, 0.25) is 5.02 Å². The molecule has 0 unspecified atom stereocenters. The van der Waals surface area contributed by atoms with Crippen molar-refractivity contribution in [3.05, 3.63) is 91.6 Å². The van der Waals surface area contributed by atoms with Crippen molar-refractivity contribution in [3.8, 4) is 5.75 Å². The van der Waals surface area contributed by atoms with Gasteiger partial charge in [0.2, 0.25) is 0 Å². The van der Waals surface area contributed by atoms with Gasteiger partial charge in [-0.05, 0) is 58.4 Å². The summed E-state index contributed by atoms with van der Waals surface area (Å²) in [5, 5.41) is 4.03. The van der Waals surface area contributed by atoms with Crippen LogP contribution in [0.5, 0.6) is 5.75 Å². The van der Waals surface area contributed by atoms with Gasteiger partial charge in [-0.1, -0.05) is 45.7 Å². The maximum atomic E-state index is 13.8. The molecule has 2 nitrogen and oxygen atoms in total. The van der Waals surface area contributed by atoms with Crippen molar-refractivity contribution in [3.63, 3.8) is 0 Å². The van der Waals surface area contributed by atoms with E-state index in [1.807, 2.05) is 36.4 Å². The number of hydrogen-bond acceptors (Lipinski definition) is 2. The second-order valence-corrected chi connectivity index (χ2v) is 7.82. The Bertz CT molecular complexity index is 903. The maximum Gasteiger partial charge on any atom is 0.139 e. The Morgan fingerprint density at radius 3 is 2.42 bits per heavy atom. The van der Waals surface area contributed by atoms with Crippen molar-refractivity contribution in [1.82, 2.24) is 0 Å². The van der Waals surface area contributed by atoms with Gasteiger partial charge in [-0.15, -0.1) is 0 Å². The van der Waals surface area contributed by atoms with Gasteiger partial charge in [-0.25, -0.2) is 4.39 Å². The Hall–Kier alpha value is -1.56. The Morgan fingerprint density at radius 2 is 1.69 bits per heavy atom. The van der Waals surface area contributed by atoms with E-state index >= 15 is 0 Å². The van der Waals surface area contributed by atoms with E-state index in [-0.39, 0.29) is 12.4 Å². The molecule has 0 bridgehead atoms. The summed E-state index contributed by atoms with van der Waals surface area (Å²) < 4.78 is 21.5. The van der Waals surface area contributed by atoms with Gasteiger partial charge in [-0.2, -0.15) is 0 Å². The lowest BCUT2D eigenvalue weighted by molar-refractivity contribution is 0.295. The highest BCUT2D eigenvalue weighted by Crippen LogP contribution is 2.34. The van der Waals surface area contributed by atoms with Crippen LogP contribution in [0.1, 0.15) is 11.1 Å². The Morgan fingerprint density at radius 1 is 0.962 bits per heavy atom. The first kappa shape index (κ1) is 19.2. The lowest BCUT2D eigenvalue weighted by atomic mass is 10.2. The normalized spacial score (nSPS) is 10.6. The molecule has 26 heavy (non-hydrogen) atoms. The molecule has 0 heterocycles. The molecule has 0 fully saturated rings. The van der Waals surface area contributed by atoms with E-state index in [0.717, 1.165) is 20.2 Å².